The molecule has 1 aromatic rings. The lowest BCUT2D eigenvalue weighted by atomic mass is 9.68. The second kappa shape index (κ2) is 5.27. The third-order valence-corrected chi connectivity index (χ3v) is 3.44. The third-order valence-electron chi connectivity index (χ3n) is 3.44. The minimum absolute atomic E-state index is 0.0811. The van der Waals surface area contributed by atoms with E-state index in [1.807, 2.05) is 18.3 Å². The van der Waals surface area contributed by atoms with Gasteiger partial charge in [0.1, 0.15) is 0 Å². The number of nitrogens with one attached hydrogen (secondary N) is 1. The quantitative estimate of drug-likeness (QED) is 0.785. The molecule has 1 heterocycles. The van der Waals surface area contributed by atoms with Gasteiger partial charge in [0.15, 0.2) is 0 Å². The Morgan fingerprint density at radius 1 is 1.59 bits per heavy atom. The summed E-state index contributed by atoms with van der Waals surface area (Å²) in [6.07, 6.45) is 6.56. The molecular weight excluding hydrogens is 216 g/mol. The predicted octanol–water partition coefficient (Wildman–Crippen LogP) is 1.51. The van der Waals surface area contributed by atoms with Gasteiger partial charge >= 0.3 is 5.97 Å². The van der Waals surface area contributed by atoms with Crippen LogP contribution < -0.4 is 5.32 Å². The Labute approximate surface area is 101 Å². The van der Waals surface area contributed by atoms with E-state index < -0.39 is 0 Å². The van der Waals surface area contributed by atoms with E-state index in [4.69, 9.17) is 4.74 Å². The van der Waals surface area contributed by atoms with Crippen molar-refractivity contribution >= 4 is 5.97 Å². The second-order valence-electron chi connectivity index (χ2n) is 4.59. The number of rotatable bonds is 5. The van der Waals surface area contributed by atoms with Gasteiger partial charge in [-0.15, -0.1) is 0 Å². The molecule has 0 aromatic carbocycles. The highest BCUT2D eigenvalue weighted by atomic mass is 16.5. The molecule has 2 rings (SSSR count). The van der Waals surface area contributed by atoms with Crippen LogP contribution in [0.5, 0.6) is 0 Å². The molecule has 1 N–H and O–H groups in total. The molecule has 1 saturated carbocycles. The lowest BCUT2D eigenvalue weighted by Gasteiger charge is -2.38. The first kappa shape index (κ1) is 12.0. The molecule has 4 heteroatoms. The molecule has 0 aliphatic heterocycles. The number of hydrogen-bond acceptors (Lipinski definition) is 4. The van der Waals surface area contributed by atoms with Gasteiger partial charge in [0.2, 0.25) is 0 Å². The summed E-state index contributed by atoms with van der Waals surface area (Å²) in [4.78, 5) is 15.7. The first-order valence-electron chi connectivity index (χ1n) is 5.95. The Kier molecular flexibility index (Phi) is 3.74. The summed E-state index contributed by atoms with van der Waals surface area (Å²) < 4.78 is 4.87. The molecule has 0 amide bonds. The maximum atomic E-state index is 11.7. The van der Waals surface area contributed by atoms with Crippen molar-refractivity contribution in [2.24, 2.45) is 5.41 Å². The fourth-order valence-electron chi connectivity index (χ4n) is 2.22. The van der Waals surface area contributed by atoms with Crippen molar-refractivity contribution in [3.63, 3.8) is 0 Å². The van der Waals surface area contributed by atoms with Gasteiger partial charge in [-0.2, -0.15) is 0 Å². The lowest BCUT2D eigenvalue weighted by Crippen LogP contribution is -2.46. The third kappa shape index (κ3) is 2.64. The van der Waals surface area contributed by atoms with E-state index in [0.717, 1.165) is 31.4 Å². The topological polar surface area (TPSA) is 51.2 Å². The van der Waals surface area contributed by atoms with Gasteiger partial charge < -0.3 is 10.1 Å². The highest BCUT2D eigenvalue weighted by molar-refractivity contribution is 5.78. The molecule has 92 valence electrons. The molecule has 1 aliphatic carbocycles. The van der Waals surface area contributed by atoms with Gasteiger partial charge in [-0.1, -0.05) is 12.5 Å². The first-order valence-corrected chi connectivity index (χ1v) is 5.95. The van der Waals surface area contributed by atoms with Crippen LogP contribution in [0.2, 0.25) is 0 Å². The SMILES string of the molecule is COC(=O)C1(CNCc2cccnc2)CCC1. The molecule has 1 fully saturated rings. The van der Waals surface area contributed by atoms with E-state index in [9.17, 15) is 4.79 Å². The molecule has 1 aromatic heterocycles. The van der Waals surface area contributed by atoms with Gasteiger partial charge in [-0.25, -0.2) is 0 Å². The first-order chi connectivity index (χ1) is 8.27. The summed E-state index contributed by atoms with van der Waals surface area (Å²) in [5.74, 6) is -0.0811. The Morgan fingerprint density at radius 3 is 2.94 bits per heavy atom. The van der Waals surface area contributed by atoms with Gasteiger partial charge in [-0.3, -0.25) is 9.78 Å². The van der Waals surface area contributed by atoms with Crippen LogP contribution in [0.4, 0.5) is 0 Å². The summed E-state index contributed by atoms with van der Waals surface area (Å²) in [6, 6.07) is 3.93. The fraction of sp³-hybridized carbons (Fsp3) is 0.538. The molecule has 0 atom stereocenters. The number of carbonyl (C=O) groups is 1. The average Bonchev–Trinajstić information content (AvgIpc) is 2.33. The van der Waals surface area contributed by atoms with E-state index in [1.165, 1.54) is 7.11 Å². The Morgan fingerprint density at radius 2 is 2.41 bits per heavy atom. The molecule has 17 heavy (non-hydrogen) atoms. The summed E-state index contributed by atoms with van der Waals surface area (Å²) >= 11 is 0. The average molecular weight is 234 g/mol. The van der Waals surface area contributed by atoms with Crippen LogP contribution in [0, 0.1) is 5.41 Å². The standard InChI is InChI=1S/C13H18N2O2/c1-17-12(16)13(5-3-6-13)10-15-9-11-4-2-7-14-8-11/h2,4,7-8,15H,3,5-6,9-10H2,1H3. The zero-order valence-corrected chi connectivity index (χ0v) is 10.1. The molecule has 0 spiro atoms. The van der Waals surface area contributed by atoms with Crippen LogP contribution >= 0.6 is 0 Å². The van der Waals surface area contributed by atoms with Crippen molar-refractivity contribution < 1.29 is 9.53 Å². The predicted molar refractivity (Wildman–Crippen MR) is 64.2 cm³/mol. The van der Waals surface area contributed by atoms with Crippen LogP contribution in [-0.4, -0.2) is 24.6 Å². The smallest absolute Gasteiger partial charge is 0.313 e. The Bertz CT molecular complexity index is 374. The van der Waals surface area contributed by atoms with Crippen molar-refractivity contribution in [1.29, 1.82) is 0 Å². The molecule has 1 aliphatic rings. The Hall–Kier alpha value is -1.42. The number of nitrogens with zero attached hydrogens (tertiary/aromatic N) is 1. The van der Waals surface area contributed by atoms with Crippen LogP contribution in [0.1, 0.15) is 24.8 Å². The minimum atomic E-state index is -0.281. The zero-order valence-electron chi connectivity index (χ0n) is 10.1. The van der Waals surface area contributed by atoms with E-state index in [-0.39, 0.29) is 11.4 Å². The summed E-state index contributed by atoms with van der Waals surface area (Å²) in [5, 5.41) is 3.32. The highest BCUT2D eigenvalue weighted by Crippen LogP contribution is 2.41. The van der Waals surface area contributed by atoms with Crippen LogP contribution in [-0.2, 0) is 16.1 Å². The second-order valence-corrected chi connectivity index (χ2v) is 4.59. The molecule has 0 bridgehead atoms. The summed E-state index contributed by atoms with van der Waals surface area (Å²) in [6.45, 7) is 1.43. The minimum Gasteiger partial charge on any atom is -0.469 e. The largest absolute Gasteiger partial charge is 0.469 e. The van der Waals surface area contributed by atoms with Crippen molar-refractivity contribution in [3.05, 3.63) is 30.1 Å². The van der Waals surface area contributed by atoms with Gasteiger partial charge in [0.05, 0.1) is 12.5 Å². The van der Waals surface area contributed by atoms with E-state index in [0.29, 0.717) is 6.54 Å². The van der Waals surface area contributed by atoms with Crippen molar-refractivity contribution in [2.45, 2.75) is 25.8 Å². The number of pyridine rings is 1. The van der Waals surface area contributed by atoms with Crippen molar-refractivity contribution in [1.82, 2.24) is 10.3 Å². The van der Waals surface area contributed by atoms with Crippen molar-refractivity contribution in [2.75, 3.05) is 13.7 Å². The van der Waals surface area contributed by atoms with Gasteiger partial charge in [0, 0.05) is 25.5 Å². The van der Waals surface area contributed by atoms with E-state index in [2.05, 4.69) is 10.3 Å². The molecular formula is C13H18N2O2. The fourth-order valence-corrected chi connectivity index (χ4v) is 2.22. The van der Waals surface area contributed by atoms with Gasteiger partial charge in [-0.05, 0) is 24.5 Å². The number of methoxy groups -OCH3 is 1. The maximum Gasteiger partial charge on any atom is 0.313 e. The zero-order chi connectivity index (χ0) is 12.1. The summed E-state index contributed by atoms with van der Waals surface area (Å²) in [5.41, 5.74) is 0.851. The van der Waals surface area contributed by atoms with Crippen LogP contribution in [0.25, 0.3) is 0 Å². The van der Waals surface area contributed by atoms with E-state index >= 15 is 0 Å². The molecule has 0 saturated heterocycles. The number of carbonyl (C=O) groups excluding carboxylic acids is 1. The molecule has 0 radical (unpaired) electrons. The van der Waals surface area contributed by atoms with Crippen LogP contribution in [0.3, 0.4) is 0 Å². The van der Waals surface area contributed by atoms with E-state index in [1.54, 1.807) is 6.20 Å². The maximum absolute atomic E-state index is 11.7. The number of esters is 1. The Balaban J connectivity index is 1.83. The molecule has 4 nitrogen and oxygen atoms in total. The number of aromatic nitrogens is 1. The van der Waals surface area contributed by atoms with Gasteiger partial charge in [0.25, 0.3) is 0 Å². The summed E-state index contributed by atoms with van der Waals surface area (Å²) in [7, 11) is 1.46. The number of ether oxygens (including phenoxy) is 1. The van der Waals surface area contributed by atoms with Crippen molar-refractivity contribution in [3.8, 4) is 0 Å². The van der Waals surface area contributed by atoms with Crippen LogP contribution in [0.15, 0.2) is 24.5 Å². The highest BCUT2D eigenvalue weighted by Gasteiger charge is 2.44. The monoisotopic (exact) mass is 234 g/mol. The lowest BCUT2D eigenvalue weighted by molar-refractivity contribution is -0.158. The molecule has 0 unspecified atom stereocenters. The normalized spacial score (nSPS) is 17.2. The number of hydrogen-bond donors (Lipinski definition) is 1.